The predicted molar refractivity (Wildman–Crippen MR) is 73.5 cm³/mol. The molecule has 0 aliphatic carbocycles. The summed E-state index contributed by atoms with van der Waals surface area (Å²) in [6, 6.07) is 0. The molecule has 0 aromatic heterocycles. The zero-order valence-corrected chi connectivity index (χ0v) is 12.0. The number of hydrogen-bond donors (Lipinski definition) is 1. The number of hydrogen-bond acceptors (Lipinski definition) is 3. The third-order valence-corrected chi connectivity index (χ3v) is 3.89. The highest BCUT2D eigenvalue weighted by Gasteiger charge is 2.50. The van der Waals surface area contributed by atoms with E-state index in [2.05, 4.69) is 39.0 Å². The first-order valence-corrected chi connectivity index (χ1v) is 6.17. The lowest BCUT2D eigenvalue weighted by atomic mass is 9.84. The molecule has 0 aromatic rings. The van der Waals surface area contributed by atoms with Gasteiger partial charge in [0.1, 0.15) is 0 Å². The van der Waals surface area contributed by atoms with E-state index in [0.29, 0.717) is 0 Å². The molecule has 0 saturated carbocycles. The van der Waals surface area contributed by atoms with Crippen LogP contribution in [0.2, 0.25) is 0 Å². The molecular weight excluding hydrogens is 236 g/mol. The van der Waals surface area contributed by atoms with Crippen molar-refractivity contribution in [1.82, 2.24) is 5.32 Å². The predicted octanol–water partition coefficient (Wildman–Crippen LogP) is 2.35. The lowest BCUT2D eigenvalue weighted by Crippen LogP contribution is -2.41. The lowest BCUT2D eigenvalue weighted by Gasteiger charge is -2.32. The molecule has 2 aliphatic heterocycles. The van der Waals surface area contributed by atoms with Crippen molar-refractivity contribution in [3.63, 3.8) is 0 Å². The molecule has 0 spiro atoms. The Morgan fingerprint density at radius 3 is 2.00 bits per heavy atom. The van der Waals surface area contributed by atoms with Crippen molar-refractivity contribution in [3.05, 3.63) is 11.5 Å². The summed E-state index contributed by atoms with van der Waals surface area (Å²) in [5.74, 6) is 2.16. The van der Waals surface area contributed by atoms with Crippen molar-refractivity contribution < 1.29 is 9.31 Å². The molecule has 0 aromatic carbocycles. The minimum atomic E-state index is -0.221. The average Bonchev–Trinajstić information content (AvgIpc) is 2.36. The minimum Gasteiger partial charge on any atom is -0.400 e. The van der Waals surface area contributed by atoms with E-state index in [9.17, 15) is 0 Å². The van der Waals surface area contributed by atoms with Gasteiger partial charge in [-0.15, -0.1) is 12.4 Å². The maximum atomic E-state index is 5.95. The summed E-state index contributed by atoms with van der Waals surface area (Å²) >= 11 is 0. The van der Waals surface area contributed by atoms with E-state index < -0.39 is 0 Å². The van der Waals surface area contributed by atoms with Crippen molar-refractivity contribution in [1.29, 1.82) is 0 Å². The molecule has 2 aliphatic rings. The van der Waals surface area contributed by atoms with Crippen molar-refractivity contribution in [2.75, 3.05) is 13.1 Å². The Morgan fingerprint density at radius 2 is 1.53 bits per heavy atom. The van der Waals surface area contributed by atoms with Crippen molar-refractivity contribution in [2.24, 2.45) is 0 Å². The lowest BCUT2D eigenvalue weighted by molar-refractivity contribution is 0.00578. The van der Waals surface area contributed by atoms with Gasteiger partial charge in [-0.2, -0.15) is 0 Å². The van der Waals surface area contributed by atoms with Gasteiger partial charge in [0.05, 0.1) is 11.2 Å². The monoisotopic (exact) mass is 259 g/mol. The fourth-order valence-electron chi connectivity index (χ4n) is 2.06. The van der Waals surface area contributed by atoms with Crippen LogP contribution in [0.3, 0.4) is 0 Å². The summed E-state index contributed by atoms with van der Waals surface area (Å²) in [6.07, 6.45) is 2.23. The second-order valence-corrected chi connectivity index (χ2v) is 5.70. The van der Waals surface area contributed by atoms with Crippen LogP contribution in [-0.4, -0.2) is 31.4 Å². The van der Waals surface area contributed by atoms with Gasteiger partial charge >= 0.3 is 7.12 Å². The highest BCUT2D eigenvalue weighted by atomic mass is 35.5. The highest BCUT2D eigenvalue weighted by Crippen LogP contribution is 2.37. The van der Waals surface area contributed by atoms with Crippen LogP contribution in [-0.2, 0) is 9.31 Å². The molecule has 3 nitrogen and oxygen atoms in total. The van der Waals surface area contributed by atoms with E-state index in [-0.39, 0.29) is 30.7 Å². The number of halogens is 1. The molecular formula is C12H23BClNO2. The third-order valence-electron chi connectivity index (χ3n) is 3.89. The molecule has 0 unspecified atom stereocenters. The Morgan fingerprint density at radius 1 is 1.06 bits per heavy atom. The van der Waals surface area contributed by atoms with Gasteiger partial charge in [0.15, 0.2) is 0 Å². The summed E-state index contributed by atoms with van der Waals surface area (Å²) in [5, 5.41) is 3.35. The average molecular weight is 260 g/mol. The molecule has 2 saturated heterocycles. The van der Waals surface area contributed by atoms with Crippen molar-refractivity contribution in [3.8, 4) is 0 Å². The Hall–Kier alpha value is -0.0251. The molecule has 0 atom stereocenters. The van der Waals surface area contributed by atoms with E-state index >= 15 is 0 Å². The fourth-order valence-corrected chi connectivity index (χ4v) is 2.06. The standard InChI is InChI=1S/C12H22BNO2.ClH/c1-11(2)12(3,4)16-13(15-11)9-10-5-7-14-8-6-10;/h9,14H,5-8H2,1-4H3;1H. The summed E-state index contributed by atoms with van der Waals surface area (Å²) in [7, 11) is -0.168. The van der Waals surface area contributed by atoms with Crippen molar-refractivity contribution in [2.45, 2.75) is 51.7 Å². The first kappa shape index (κ1) is 15.0. The maximum Gasteiger partial charge on any atom is 0.487 e. The SMILES string of the molecule is CC1(C)OB(C=C2CCNCC2)OC1(C)C.Cl. The highest BCUT2D eigenvalue weighted by molar-refractivity contribution is 6.51. The Bertz CT molecular complexity index is 281. The van der Waals surface area contributed by atoms with Gasteiger partial charge in [-0.25, -0.2) is 0 Å². The summed E-state index contributed by atoms with van der Waals surface area (Å²) in [5.41, 5.74) is 1.01. The number of nitrogens with one attached hydrogen (secondary N) is 1. The van der Waals surface area contributed by atoms with E-state index in [0.717, 1.165) is 25.9 Å². The topological polar surface area (TPSA) is 30.5 Å². The molecule has 17 heavy (non-hydrogen) atoms. The molecule has 2 heterocycles. The zero-order chi connectivity index (χ0) is 11.8. The minimum absolute atomic E-state index is 0. The van der Waals surface area contributed by atoms with Crippen LogP contribution in [0, 0.1) is 0 Å². The second-order valence-electron chi connectivity index (χ2n) is 5.70. The normalized spacial score (nSPS) is 26.6. The first-order chi connectivity index (χ1) is 7.41. The molecule has 0 bridgehead atoms. The van der Waals surface area contributed by atoms with E-state index in [1.807, 2.05) is 0 Å². The van der Waals surface area contributed by atoms with Crippen LogP contribution in [0.5, 0.6) is 0 Å². The van der Waals surface area contributed by atoms with Gasteiger partial charge < -0.3 is 14.6 Å². The molecule has 98 valence electrons. The van der Waals surface area contributed by atoms with Crippen LogP contribution in [0.1, 0.15) is 40.5 Å². The Kier molecular flexibility index (Phi) is 4.70. The van der Waals surface area contributed by atoms with Crippen LogP contribution < -0.4 is 5.32 Å². The van der Waals surface area contributed by atoms with Gasteiger partial charge in [0.25, 0.3) is 0 Å². The van der Waals surface area contributed by atoms with E-state index in [1.54, 1.807) is 0 Å². The summed E-state index contributed by atoms with van der Waals surface area (Å²) in [6.45, 7) is 10.5. The molecule has 1 N–H and O–H groups in total. The van der Waals surface area contributed by atoms with E-state index in [4.69, 9.17) is 9.31 Å². The third kappa shape index (κ3) is 3.25. The van der Waals surface area contributed by atoms with Crippen LogP contribution in [0.4, 0.5) is 0 Å². The fraction of sp³-hybridized carbons (Fsp3) is 0.833. The first-order valence-electron chi connectivity index (χ1n) is 6.17. The molecule has 2 fully saturated rings. The van der Waals surface area contributed by atoms with Gasteiger partial charge in [-0.05, 0) is 53.6 Å². The summed E-state index contributed by atoms with van der Waals surface area (Å²) in [4.78, 5) is 0. The number of piperidine rings is 1. The quantitative estimate of drug-likeness (QED) is 0.733. The van der Waals surface area contributed by atoms with Gasteiger partial charge in [-0.1, -0.05) is 11.5 Å². The second kappa shape index (κ2) is 5.31. The van der Waals surface area contributed by atoms with Gasteiger partial charge in [0, 0.05) is 0 Å². The Labute approximate surface area is 111 Å². The molecule has 2 rings (SSSR count). The van der Waals surface area contributed by atoms with Crippen molar-refractivity contribution >= 4 is 19.5 Å². The Balaban J connectivity index is 0.00000144. The number of rotatable bonds is 1. The zero-order valence-electron chi connectivity index (χ0n) is 11.2. The van der Waals surface area contributed by atoms with E-state index in [1.165, 1.54) is 5.57 Å². The van der Waals surface area contributed by atoms with Crippen LogP contribution in [0.15, 0.2) is 11.5 Å². The molecule has 5 heteroatoms. The van der Waals surface area contributed by atoms with Gasteiger partial charge in [-0.3, -0.25) is 0 Å². The van der Waals surface area contributed by atoms with Gasteiger partial charge in [0.2, 0.25) is 0 Å². The maximum absolute atomic E-state index is 5.95. The molecule has 0 amide bonds. The summed E-state index contributed by atoms with van der Waals surface area (Å²) < 4.78 is 11.9. The van der Waals surface area contributed by atoms with Crippen LogP contribution in [0.25, 0.3) is 0 Å². The molecule has 0 radical (unpaired) electrons. The van der Waals surface area contributed by atoms with Crippen LogP contribution >= 0.6 is 12.4 Å². The largest absolute Gasteiger partial charge is 0.487 e. The smallest absolute Gasteiger partial charge is 0.400 e.